The molecule has 0 aliphatic rings. The van der Waals surface area contributed by atoms with Crippen molar-refractivity contribution in [2.24, 2.45) is 0 Å². The molecule has 1 amide bonds. The van der Waals surface area contributed by atoms with Crippen molar-refractivity contribution in [3.8, 4) is 5.69 Å². The van der Waals surface area contributed by atoms with Gasteiger partial charge in [0.1, 0.15) is 5.82 Å². The highest BCUT2D eigenvalue weighted by molar-refractivity contribution is 7.15. The summed E-state index contributed by atoms with van der Waals surface area (Å²) in [5.41, 5.74) is 5.92. The molecule has 3 rings (SSSR count). The Labute approximate surface area is 140 Å². The van der Waals surface area contributed by atoms with Crippen molar-refractivity contribution in [3.63, 3.8) is 0 Å². The van der Waals surface area contributed by atoms with Crippen LogP contribution in [-0.4, -0.2) is 21.7 Å². The molecule has 3 aromatic rings. The number of nitrogens with one attached hydrogen (secondary N) is 1. The summed E-state index contributed by atoms with van der Waals surface area (Å²) in [4.78, 5) is 25.1. The van der Waals surface area contributed by atoms with E-state index in [9.17, 15) is 14.0 Å². The summed E-state index contributed by atoms with van der Waals surface area (Å²) in [6, 6.07) is 5.19. The number of nitrogens with zero attached hydrogens (tertiary/aromatic N) is 2. The van der Waals surface area contributed by atoms with Crippen LogP contribution in [0.25, 0.3) is 16.5 Å². The first-order valence-corrected chi connectivity index (χ1v) is 8.13. The molecule has 2 heterocycles. The van der Waals surface area contributed by atoms with Crippen LogP contribution in [-0.2, 0) is 0 Å². The van der Waals surface area contributed by atoms with Gasteiger partial charge in [-0.2, -0.15) is 9.78 Å². The average Bonchev–Trinajstić information content (AvgIpc) is 2.90. The molecule has 2 aromatic heterocycles. The maximum absolute atomic E-state index is 13.1. The van der Waals surface area contributed by atoms with Gasteiger partial charge in [-0.3, -0.25) is 9.59 Å². The van der Waals surface area contributed by atoms with Gasteiger partial charge >= 0.3 is 0 Å². The second kappa shape index (κ2) is 6.04. The van der Waals surface area contributed by atoms with Gasteiger partial charge in [-0.15, -0.1) is 11.3 Å². The summed E-state index contributed by atoms with van der Waals surface area (Å²) >= 11 is 1.17. The number of anilines is 1. The van der Waals surface area contributed by atoms with Crippen molar-refractivity contribution in [1.29, 1.82) is 0 Å². The van der Waals surface area contributed by atoms with Crippen LogP contribution in [0.1, 0.15) is 24.3 Å². The molecule has 1 aromatic carbocycles. The van der Waals surface area contributed by atoms with Gasteiger partial charge in [0, 0.05) is 16.8 Å². The molecule has 0 aliphatic carbocycles. The first kappa shape index (κ1) is 16.1. The smallest absolute Gasteiger partial charge is 0.282 e. The zero-order valence-corrected chi connectivity index (χ0v) is 13.9. The number of carbonyl (C=O) groups excluding carboxylic acids is 1. The fourth-order valence-corrected chi connectivity index (χ4v) is 3.12. The maximum Gasteiger partial charge on any atom is 0.282 e. The van der Waals surface area contributed by atoms with Gasteiger partial charge in [-0.05, 0) is 38.1 Å². The molecular formula is C16H15FN4O2S. The quantitative estimate of drug-likeness (QED) is 0.762. The first-order valence-electron chi connectivity index (χ1n) is 7.25. The monoisotopic (exact) mass is 345 g/mol. The predicted octanol–water partition coefficient (Wildman–Crippen LogP) is 2.31. The Morgan fingerprint density at radius 2 is 2.00 bits per heavy atom. The number of fused-ring (bicyclic) bond motifs is 1. The first-order chi connectivity index (χ1) is 11.4. The van der Waals surface area contributed by atoms with Crippen LogP contribution in [0.15, 0.2) is 34.4 Å². The van der Waals surface area contributed by atoms with E-state index in [1.807, 2.05) is 13.8 Å². The highest BCUT2D eigenvalue weighted by Gasteiger charge is 2.20. The number of carbonyl (C=O) groups is 1. The van der Waals surface area contributed by atoms with Crippen LogP contribution in [0, 0.1) is 5.82 Å². The number of amides is 1. The van der Waals surface area contributed by atoms with E-state index in [2.05, 4.69) is 10.4 Å². The van der Waals surface area contributed by atoms with Crippen LogP contribution >= 0.6 is 11.3 Å². The molecule has 8 heteroatoms. The SMILES string of the molecule is CC(C)NC(=O)c1nn(-c2ccc([18F])cc2)c(=O)c2c(N)scc12. The van der Waals surface area contributed by atoms with Crippen molar-refractivity contribution in [3.05, 3.63) is 51.5 Å². The zero-order chi connectivity index (χ0) is 17.4. The van der Waals surface area contributed by atoms with E-state index in [1.165, 1.54) is 35.6 Å². The number of nitrogens with two attached hydrogens (primary N) is 1. The average molecular weight is 345 g/mol. The van der Waals surface area contributed by atoms with Crippen LogP contribution in [0.3, 0.4) is 0 Å². The highest BCUT2D eigenvalue weighted by atomic mass is 32.1. The standard InChI is InChI=1S/C16H15FN4O2S/c1-8(2)19-15(22)13-11-7-24-14(18)12(11)16(23)21(20-13)10-5-3-9(17)4-6-10/h3-8H,18H2,1-2H3,(H,19,22)/i17-1. The van der Waals surface area contributed by atoms with E-state index < -0.39 is 17.3 Å². The van der Waals surface area contributed by atoms with Gasteiger partial charge in [-0.25, -0.2) is 4.39 Å². The number of hydrogen-bond donors (Lipinski definition) is 2. The fraction of sp³-hybridized carbons (Fsp3) is 0.188. The molecule has 0 saturated carbocycles. The zero-order valence-electron chi connectivity index (χ0n) is 13.0. The topological polar surface area (TPSA) is 90.0 Å². The number of nitrogen functional groups attached to an aromatic ring is 1. The number of thiophene rings is 1. The van der Waals surface area contributed by atoms with Crippen molar-refractivity contribution in [1.82, 2.24) is 15.1 Å². The maximum atomic E-state index is 13.1. The summed E-state index contributed by atoms with van der Waals surface area (Å²) in [5.74, 6) is -0.829. The Balaban J connectivity index is 2.28. The lowest BCUT2D eigenvalue weighted by molar-refractivity contribution is 0.0938. The minimum Gasteiger partial charge on any atom is -0.390 e. The van der Waals surface area contributed by atoms with Gasteiger partial charge < -0.3 is 11.1 Å². The lowest BCUT2D eigenvalue weighted by atomic mass is 10.2. The minimum absolute atomic E-state index is 0.0865. The molecule has 0 radical (unpaired) electrons. The lowest BCUT2D eigenvalue weighted by Gasteiger charge is -2.11. The normalized spacial score (nSPS) is 11.2. The third-order valence-corrected chi connectivity index (χ3v) is 4.20. The summed E-state index contributed by atoms with van der Waals surface area (Å²) in [5, 5.41) is 9.56. The minimum atomic E-state index is -0.448. The molecule has 0 aliphatic heterocycles. The van der Waals surface area contributed by atoms with Crippen LogP contribution in [0.2, 0.25) is 0 Å². The molecule has 0 spiro atoms. The molecule has 124 valence electrons. The van der Waals surface area contributed by atoms with Gasteiger partial charge in [0.15, 0.2) is 5.69 Å². The number of aromatic nitrogens is 2. The molecular weight excluding hydrogens is 330 g/mol. The van der Waals surface area contributed by atoms with Crippen molar-refractivity contribution in [2.75, 3.05) is 5.73 Å². The molecule has 24 heavy (non-hydrogen) atoms. The number of halogens is 1. The molecule has 0 atom stereocenters. The summed E-state index contributed by atoms with van der Waals surface area (Å²) < 4.78 is 14.2. The van der Waals surface area contributed by atoms with E-state index in [4.69, 9.17) is 5.73 Å². The van der Waals surface area contributed by atoms with E-state index in [0.717, 1.165) is 4.68 Å². The Hall–Kier alpha value is -2.74. The Bertz CT molecular complexity index is 976. The Kier molecular flexibility index (Phi) is 4.06. The highest BCUT2D eigenvalue weighted by Crippen LogP contribution is 2.27. The third kappa shape index (κ3) is 2.76. The Morgan fingerprint density at radius 1 is 1.33 bits per heavy atom. The van der Waals surface area contributed by atoms with E-state index in [0.29, 0.717) is 16.1 Å². The van der Waals surface area contributed by atoms with Crippen molar-refractivity contribution < 1.29 is 9.18 Å². The molecule has 6 nitrogen and oxygen atoms in total. The molecule has 3 N–H and O–H groups in total. The van der Waals surface area contributed by atoms with E-state index in [1.54, 1.807) is 5.38 Å². The number of rotatable bonds is 3. The number of benzene rings is 1. The molecule has 0 bridgehead atoms. The molecule has 0 unspecified atom stereocenters. The van der Waals surface area contributed by atoms with Crippen molar-refractivity contribution in [2.45, 2.75) is 19.9 Å². The van der Waals surface area contributed by atoms with Crippen LogP contribution < -0.4 is 16.6 Å². The lowest BCUT2D eigenvalue weighted by Crippen LogP contribution is -2.33. The number of hydrogen-bond acceptors (Lipinski definition) is 5. The van der Waals surface area contributed by atoms with Crippen molar-refractivity contribution >= 4 is 33.0 Å². The van der Waals surface area contributed by atoms with E-state index in [-0.39, 0.29) is 17.1 Å². The third-order valence-electron chi connectivity index (χ3n) is 3.39. The Morgan fingerprint density at radius 3 is 2.62 bits per heavy atom. The fourth-order valence-electron chi connectivity index (χ4n) is 2.33. The van der Waals surface area contributed by atoms with Crippen LogP contribution in [0.5, 0.6) is 0 Å². The largest absolute Gasteiger partial charge is 0.390 e. The second-order valence-corrected chi connectivity index (χ2v) is 6.47. The summed E-state index contributed by atoms with van der Waals surface area (Å²) in [6.45, 7) is 3.65. The van der Waals surface area contributed by atoms with Crippen LogP contribution in [0.4, 0.5) is 9.39 Å². The molecule has 0 fully saturated rings. The van der Waals surface area contributed by atoms with Gasteiger partial charge in [-0.1, -0.05) is 0 Å². The summed E-state index contributed by atoms with van der Waals surface area (Å²) in [6.07, 6.45) is 0. The van der Waals surface area contributed by atoms with Gasteiger partial charge in [0.05, 0.1) is 16.1 Å². The van der Waals surface area contributed by atoms with E-state index >= 15 is 0 Å². The van der Waals surface area contributed by atoms with Gasteiger partial charge in [0.25, 0.3) is 11.5 Å². The predicted molar refractivity (Wildman–Crippen MR) is 92.2 cm³/mol. The molecule has 0 saturated heterocycles. The summed E-state index contributed by atoms with van der Waals surface area (Å²) in [7, 11) is 0. The second-order valence-electron chi connectivity index (χ2n) is 5.56. The van der Waals surface area contributed by atoms with Gasteiger partial charge in [0.2, 0.25) is 0 Å².